The predicted molar refractivity (Wildman–Crippen MR) is 54.0 cm³/mol. The summed E-state index contributed by atoms with van der Waals surface area (Å²) in [4.78, 5) is 13.0. The average Bonchev–Trinajstić information content (AvgIpc) is 2.16. The standard InChI is InChI=1S/C10H11ClFNO/c1-3-13(2)10(14)9-7(11)5-4-6-8(9)12/h4-6H,3H2,1-2H3. The number of hydrogen-bond donors (Lipinski definition) is 0. The molecule has 0 N–H and O–H groups in total. The Morgan fingerprint density at radius 1 is 1.57 bits per heavy atom. The lowest BCUT2D eigenvalue weighted by Gasteiger charge is -2.15. The van der Waals surface area contributed by atoms with Gasteiger partial charge in [-0.25, -0.2) is 4.39 Å². The summed E-state index contributed by atoms with van der Waals surface area (Å²) in [5.74, 6) is -0.974. The van der Waals surface area contributed by atoms with Crippen molar-refractivity contribution < 1.29 is 9.18 Å². The minimum absolute atomic E-state index is 0.0569. The molecule has 0 atom stereocenters. The summed E-state index contributed by atoms with van der Waals surface area (Å²) in [6.07, 6.45) is 0. The first-order chi connectivity index (χ1) is 6.57. The Labute approximate surface area is 87.3 Å². The summed E-state index contributed by atoms with van der Waals surface area (Å²) >= 11 is 5.74. The molecule has 1 rings (SSSR count). The third-order valence-electron chi connectivity index (χ3n) is 2.00. The van der Waals surface area contributed by atoms with Crippen molar-refractivity contribution in [2.24, 2.45) is 0 Å². The van der Waals surface area contributed by atoms with Gasteiger partial charge in [0.15, 0.2) is 0 Å². The van der Waals surface area contributed by atoms with Crippen LogP contribution in [-0.2, 0) is 0 Å². The van der Waals surface area contributed by atoms with Crippen molar-refractivity contribution in [2.45, 2.75) is 6.92 Å². The van der Waals surface area contributed by atoms with Crippen LogP contribution in [0.4, 0.5) is 4.39 Å². The smallest absolute Gasteiger partial charge is 0.258 e. The number of benzene rings is 1. The van der Waals surface area contributed by atoms with Crippen molar-refractivity contribution in [3.8, 4) is 0 Å². The first-order valence-electron chi connectivity index (χ1n) is 4.27. The highest BCUT2D eigenvalue weighted by Crippen LogP contribution is 2.20. The maximum Gasteiger partial charge on any atom is 0.258 e. The van der Waals surface area contributed by atoms with Crippen LogP contribution in [0.2, 0.25) is 5.02 Å². The van der Waals surface area contributed by atoms with Gasteiger partial charge >= 0.3 is 0 Å². The van der Waals surface area contributed by atoms with E-state index in [1.165, 1.54) is 23.1 Å². The molecule has 0 unspecified atom stereocenters. The molecule has 76 valence electrons. The van der Waals surface area contributed by atoms with Crippen molar-refractivity contribution in [1.29, 1.82) is 0 Å². The first-order valence-corrected chi connectivity index (χ1v) is 4.65. The van der Waals surface area contributed by atoms with E-state index in [4.69, 9.17) is 11.6 Å². The van der Waals surface area contributed by atoms with Crippen molar-refractivity contribution >= 4 is 17.5 Å². The summed E-state index contributed by atoms with van der Waals surface area (Å²) in [5.41, 5.74) is -0.0569. The van der Waals surface area contributed by atoms with Gasteiger partial charge in [-0.2, -0.15) is 0 Å². The van der Waals surface area contributed by atoms with Crippen molar-refractivity contribution in [2.75, 3.05) is 13.6 Å². The Morgan fingerprint density at radius 3 is 2.71 bits per heavy atom. The van der Waals surface area contributed by atoms with Gasteiger partial charge in [-0.1, -0.05) is 17.7 Å². The van der Waals surface area contributed by atoms with E-state index in [0.717, 1.165) is 0 Å². The van der Waals surface area contributed by atoms with E-state index in [2.05, 4.69) is 0 Å². The maximum atomic E-state index is 13.3. The second-order valence-electron chi connectivity index (χ2n) is 2.92. The molecule has 0 heterocycles. The van der Waals surface area contributed by atoms with Crippen LogP contribution in [0.3, 0.4) is 0 Å². The molecule has 14 heavy (non-hydrogen) atoms. The Bertz CT molecular complexity index is 334. The van der Waals surface area contributed by atoms with E-state index in [0.29, 0.717) is 6.54 Å². The van der Waals surface area contributed by atoms with Crippen LogP contribution in [0.1, 0.15) is 17.3 Å². The van der Waals surface area contributed by atoms with E-state index in [1.54, 1.807) is 7.05 Å². The molecular weight excluding hydrogens is 205 g/mol. The molecule has 0 fully saturated rings. The number of carbonyl (C=O) groups excluding carboxylic acids is 1. The molecule has 0 aliphatic carbocycles. The molecule has 2 nitrogen and oxygen atoms in total. The molecule has 0 spiro atoms. The normalized spacial score (nSPS) is 10.0. The molecule has 1 aromatic carbocycles. The van der Waals surface area contributed by atoms with Gasteiger partial charge in [0.2, 0.25) is 0 Å². The van der Waals surface area contributed by atoms with Gasteiger partial charge in [0.25, 0.3) is 5.91 Å². The monoisotopic (exact) mass is 215 g/mol. The van der Waals surface area contributed by atoms with Crippen molar-refractivity contribution in [3.63, 3.8) is 0 Å². The van der Waals surface area contributed by atoms with E-state index < -0.39 is 11.7 Å². The van der Waals surface area contributed by atoms with Crippen LogP contribution >= 0.6 is 11.6 Å². The summed E-state index contributed by atoms with van der Waals surface area (Å²) in [6.45, 7) is 2.33. The van der Waals surface area contributed by atoms with Gasteiger partial charge in [-0.15, -0.1) is 0 Å². The molecule has 0 radical (unpaired) electrons. The zero-order chi connectivity index (χ0) is 10.7. The SMILES string of the molecule is CCN(C)C(=O)c1c(F)cccc1Cl. The second-order valence-corrected chi connectivity index (χ2v) is 3.32. The molecule has 1 amide bonds. The lowest BCUT2D eigenvalue weighted by atomic mass is 10.2. The fraction of sp³-hybridized carbons (Fsp3) is 0.300. The number of rotatable bonds is 2. The van der Waals surface area contributed by atoms with Gasteiger partial charge in [0.05, 0.1) is 10.6 Å². The topological polar surface area (TPSA) is 20.3 Å². The summed E-state index contributed by atoms with van der Waals surface area (Å²) in [5, 5.41) is 0.148. The quantitative estimate of drug-likeness (QED) is 0.743. The van der Waals surface area contributed by atoms with Gasteiger partial charge in [-0.05, 0) is 19.1 Å². The van der Waals surface area contributed by atoms with Crippen LogP contribution < -0.4 is 0 Å². The third kappa shape index (κ3) is 2.04. The largest absolute Gasteiger partial charge is 0.342 e. The predicted octanol–water partition coefficient (Wildman–Crippen LogP) is 2.57. The number of amides is 1. The van der Waals surface area contributed by atoms with Crippen LogP contribution in [0, 0.1) is 5.82 Å². The Hall–Kier alpha value is -1.09. The van der Waals surface area contributed by atoms with Gasteiger partial charge < -0.3 is 4.90 Å². The molecular formula is C10H11ClFNO. The maximum absolute atomic E-state index is 13.3. The molecule has 0 aromatic heterocycles. The van der Waals surface area contributed by atoms with Crippen molar-refractivity contribution in [1.82, 2.24) is 4.90 Å². The van der Waals surface area contributed by atoms with E-state index >= 15 is 0 Å². The zero-order valence-electron chi connectivity index (χ0n) is 8.05. The minimum Gasteiger partial charge on any atom is -0.342 e. The van der Waals surface area contributed by atoms with E-state index in [1.807, 2.05) is 6.92 Å². The average molecular weight is 216 g/mol. The van der Waals surface area contributed by atoms with E-state index in [9.17, 15) is 9.18 Å². The number of carbonyl (C=O) groups is 1. The van der Waals surface area contributed by atoms with Gasteiger partial charge in [-0.3, -0.25) is 4.79 Å². The fourth-order valence-corrected chi connectivity index (χ4v) is 1.28. The molecule has 0 saturated heterocycles. The summed E-state index contributed by atoms with van der Waals surface area (Å²) < 4.78 is 13.3. The number of hydrogen-bond acceptors (Lipinski definition) is 1. The Kier molecular flexibility index (Phi) is 3.47. The molecule has 0 aliphatic rings. The molecule has 0 bridgehead atoms. The van der Waals surface area contributed by atoms with Gasteiger partial charge in [0.1, 0.15) is 5.82 Å². The number of halogens is 2. The fourth-order valence-electron chi connectivity index (χ4n) is 1.04. The highest BCUT2D eigenvalue weighted by atomic mass is 35.5. The zero-order valence-corrected chi connectivity index (χ0v) is 8.81. The van der Waals surface area contributed by atoms with E-state index in [-0.39, 0.29) is 10.6 Å². The Balaban J connectivity index is 3.12. The van der Waals surface area contributed by atoms with Crippen LogP contribution in [0.25, 0.3) is 0 Å². The number of nitrogens with zero attached hydrogens (tertiary/aromatic N) is 1. The van der Waals surface area contributed by atoms with Crippen LogP contribution in [0.15, 0.2) is 18.2 Å². The first kappa shape index (κ1) is 11.0. The highest BCUT2D eigenvalue weighted by Gasteiger charge is 2.17. The summed E-state index contributed by atoms with van der Waals surface area (Å²) in [6, 6.07) is 4.20. The minimum atomic E-state index is -0.581. The molecule has 1 aromatic rings. The van der Waals surface area contributed by atoms with Crippen LogP contribution in [-0.4, -0.2) is 24.4 Å². The van der Waals surface area contributed by atoms with Crippen molar-refractivity contribution in [3.05, 3.63) is 34.6 Å². The molecule has 0 aliphatic heterocycles. The summed E-state index contributed by atoms with van der Waals surface area (Å²) in [7, 11) is 1.60. The molecule has 0 saturated carbocycles. The highest BCUT2D eigenvalue weighted by molar-refractivity contribution is 6.33. The van der Waals surface area contributed by atoms with Gasteiger partial charge in [0, 0.05) is 13.6 Å². The lowest BCUT2D eigenvalue weighted by molar-refractivity contribution is 0.0798. The molecule has 4 heteroatoms. The Morgan fingerprint density at radius 2 is 2.21 bits per heavy atom. The second kappa shape index (κ2) is 4.42. The third-order valence-corrected chi connectivity index (χ3v) is 2.31. The lowest BCUT2D eigenvalue weighted by Crippen LogP contribution is -2.27. The van der Waals surface area contributed by atoms with Crippen LogP contribution in [0.5, 0.6) is 0 Å².